The normalized spacial score (nSPS) is 10.2. The van der Waals surface area contributed by atoms with Crippen LogP contribution in [-0.2, 0) is 0 Å². The Morgan fingerprint density at radius 1 is 1.30 bits per heavy atom. The lowest BCUT2D eigenvalue weighted by atomic mass is 10.2. The van der Waals surface area contributed by atoms with Gasteiger partial charge in [0.2, 0.25) is 5.82 Å². The number of halogens is 1. The fourth-order valence-corrected chi connectivity index (χ4v) is 1.56. The summed E-state index contributed by atoms with van der Waals surface area (Å²) in [7, 11) is 0. The molecule has 1 aromatic heterocycles. The van der Waals surface area contributed by atoms with Crippen LogP contribution < -0.4 is 10.1 Å². The van der Waals surface area contributed by atoms with Crippen LogP contribution in [-0.4, -0.2) is 16.1 Å². The number of benzene rings is 1. The highest BCUT2D eigenvalue weighted by molar-refractivity contribution is 5.64. The van der Waals surface area contributed by atoms with Crippen LogP contribution in [0.15, 0.2) is 30.6 Å². The number of ether oxygens (including phenoxy) is 1. The van der Waals surface area contributed by atoms with Crippen molar-refractivity contribution in [3.63, 3.8) is 0 Å². The lowest BCUT2D eigenvalue weighted by molar-refractivity contribution is 0.220. The van der Waals surface area contributed by atoms with E-state index in [0.717, 1.165) is 0 Å². The number of hydrogen-bond donors (Lipinski definition) is 1. The first-order chi connectivity index (χ1) is 9.61. The van der Waals surface area contributed by atoms with E-state index in [1.165, 1.54) is 6.33 Å². The maximum absolute atomic E-state index is 14.2. The van der Waals surface area contributed by atoms with Crippen molar-refractivity contribution in [2.24, 2.45) is 0 Å². The Kier molecular flexibility index (Phi) is 4.11. The molecule has 0 fully saturated rings. The first-order valence-corrected chi connectivity index (χ1v) is 6.05. The van der Waals surface area contributed by atoms with Gasteiger partial charge in [-0.05, 0) is 26.0 Å². The Morgan fingerprint density at radius 2 is 2.05 bits per heavy atom. The predicted molar refractivity (Wildman–Crippen MR) is 72.2 cm³/mol. The van der Waals surface area contributed by atoms with Crippen molar-refractivity contribution in [1.82, 2.24) is 9.97 Å². The van der Waals surface area contributed by atoms with Gasteiger partial charge in [-0.2, -0.15) is 14.6 Å². The molecule has 5 nitrogen and oxygen atoms in total. The van der Waals surface area contributed by atoms with Gasteiger partial charge in [-0.3, -0.25) is 0 Å². The van der Waals surface area contributed by atoms with E-state index in [2.05, 4.69) is 15.3 Å². The van der Waals surface area contributed by atoms with Gasteiger partial charge in [0, 0.05) is 0 Å². The van der Waals surface area contributed by atoms with Crippen molar-refractivity contribution < 1.29 is 9.13 Å². The Morgan fingerprint density at radius 3 is 2.75 bits per heavy atom. The zero-order chi connectivity index (χ0) is 14.5. The second kappa shape index (κ2) is 5.97. The number of nitriles is 1. The molecule has 0 spiro atoms. The summed E-state index contributed by atoms with van der Waals surface area (Å²) >= 11 is 0. The Balaban J connectivity index is 2.32. The summed E-state index contributed by atoms with van der Waals surface area (Å²) in [5.41, 5.74) is 0.875. The molecule has 20 heavy (non-hydrogen) atoms. The number of para-hydroxylation sites is 1. The minimum Gasteiger partial charge on any atom is -0.473 e. The zero-order valence-corrected chi connectivity index (χ0v) is 11.1. The molecular weight excluding hydrogens is 259 g/mol. The van der Waals surface area contributed by atoms with Crippen LogP contribution in [0.2, 0.25) is 0 Å². The number of hydrogen-bond acceptors (Lipinski definition) is 5. The molecule has 6 heteroatoms. The molecule has 2 rings (SSSR count). The monoisotopic (exact) mass is 272 g/mol. The van der Waals surface area contributed by atoms with Crippen molar-refractivity contribution in [3.8, 4) is 11.9 Å². The van der Waals surface area contributed by atoms with Gasteiger partial charge < -0.3 is 10.1 Å². The van der Waals surface area contributed by atoms with E-state index in [9.17, 15) is 4.39 Å². The summed E-state index contributed by atoms with van der Waals surface area (Å²) < 4.78 is 19.4. The summed E-state index contributed by atoms with van der Waals surface area (Å²) in [6.07, 6.45) is 1.01. The summed E-state index contributed by atoms with van der Waals surface area (Å²) in [5.74, 6) is -0.834. The number of nitrogens with zero attached hydrogens (tertiary/aromatic N) is 3. The quantitative estimate of drug-likeness (QED) is 0.926. The second-order valence-corrected chi connectivity index (χ2v) is 4.29. The van der Waals surface area contributed by atoms with Gasteiger partial charge in [-0.1, -0.05) is 12.1 Å². The van der Waals surface area contributed by atoms with Crippen LogP contribution in [0, 0.1) is 17.1 Å². The highest BCUT2D eigenvalue weighted by atomic mass is 19.1. The van der Waals surface area contributed by atoms with E-state index in [1.54, 1.807) is 38.1 Å². The van der Waals surface area contributed by atoms with Gasteiger partial charge in [0.15, 0.2) is 5.82 Å². The van der Waals surface area contributed by atoms with Gasteiger partial charge in [0.1, 0.15) is 12.4 Å². The first-order valence-electron chi connectivity index (χ1n) is 6.05. The smallest absolute Gasteiger partial charge is 0.256 e. The summed E-state index contributed by atoms with van der Waals surface area (Å²) in [5, 5.41) is 11.8. The standard InChI is InChI=1S/C14H13FN4O/c1-9(2)20-14-12(15)13(17-8-18-14)19-11-6-4-3-5-10(11)7-16/h3-6,8-9H,1-2H3,(H,17,18,19). The zero-order valence-electron chi connectivity index (χ0n) is 11.1. The van der Waals surface area contributed by atoms with Crippen LogP contribution in [0.4, 0.5) is 15.9 Å². The lowest BCUT2D eigenvalue weighted by Gasteiger charge is -2.12. The number of nitrogens with one attached hydrogen (secondary N) is 1. The van der Waals surface area contributed by atoms with E-state index in [-0.39, 0.29) is 17.8 Å². The molecule has 1 heterocycles. The van der Waals surface area contributed by atoms with Crippen molar-refractivity contribution in [3.05, 3.63) is 42.0 Å². The second-order valence-electron chi connectivity index (χ2n) is 4.29. The van der Waals surface area contributed by atoms with Gasteiger partial charge in [-0.25, -0.2) is 4.98 Å². The molecule has 0 unspecified atom stereocenters. The molecule has 0 amide bonds. The van der Waals surface area contributed by atoms with E-state index in [4.69, 9.17) is 10.00 Å². The van der Waals surface area contributed by atoms with Gasteiger partial charge >= 0.3 is 0 Å². The van der Waals surface area contributed by atoms with Crippen LogP contribution >= 0.6 is 0 Å². The highest BCUT2D eigenvalue weighted by Gasteiger charge is 2.14. The fraction of sp³-hybridized carbons (Fsp3) is 0.214. The Hall–Kier alpha value is -2.68. The number of aromatic nitrogens is 2. The van der Waals surface area contributed by atoms with Crippen LogP contribution in [0.25, 0.3) is 0 Å². The Bertz CT molecular complexity index is 652. The van der Waals surface area contributed by atoms with E-state index in [0.29, 0.717) is 11.3 Å². The fourth-order valence-electron chi connectivity index (χ4n) is 1.56. The lowest BCUT2D eigenvalue weighted by Crippen LogP contribution is -2.10. The van der Waals surface area contributed by atoms with E-state index >= 15 is 0 Å². The highest BCUT2D eigenvalue weighted by Crippen LogP contribution is 2.25. The van der Waals surface area contributed by atoms with Crippen molar-refractivity contribution in [1.29, 1.82) is 5.26 Å². The first kappa shape index (κ1) is 13.7. The number of rotatable bonds is 4. The third-order valence-electron chi connectivity index (χ3n) is 2.41. The van der Waals surface area contributed by atoms with E-state index in [1.807, 2.05) is 6.07 Å². The molecule has 1 N–H and O–H groups in total. The SMILES string of the molecule is CC(C)Oc1ncnc(Nc2ccccc2C#N)c1F. The minimum absolute atomic E-state index is 0.0293. The molecule has 0 aliphatic rings. The van der Waals surface area contributed by atoms with Crippen LogP contribution in [0.1, 0.15) is 19.4 Å². The maximum Gasteiger partial charge on any atom is 0.256 e. The van der Waals surface area contributed by atoms with Crippen LogP contribution in [0.3, 0.4) is 0 Å². The molecule has 0 bridgehead atoms. The van der Waals surface area contributed by atoms with Crippen LogP contribution in [0.5, 0.6) is 5.88 Å². The third kappa shape index (κ3) is 3.01. The predicted octanol–water partition coefficient (Wildman–Crippen LogP) is 3.02. The molecular formula is C14H13FN4O. The third-order valence-corrected chi connectivity index (χ3v) is 2.41. The van der Waals surface area contributed by atoms with Crippen molar-refractivity contribution in [2.45, 2.75) is 20.0 Å². The molecule has 0 aliphatic heterocycles. The van der Waals surface area contributed by atoms with Gasteiger partial charge in [-0.15, -0.1) is 0 Å². The molecule has 1 aromatic carbocycles. The average Bonchev–Trinajstić information content (AvgIpc) is 2.43. The molecule has 0 radical (unpaired) electrons. The number of anilines is 2. The van der Waals surface area contributed by atoms with Crippen molar-refractivity contribution >= 4 is 11.5 Å². The minimum atomic E-state index is -0.686. The molecule has 2 aromatic rings. The molecule has 102 valence electrons. The maximum atomic E-state index is 14.2. The molecule has 0 saturated carbocycles. The van der Waals surface area contributed by atoms with Gasteiger partial charge in [0.25, 0.3) is 5.88 Å². The largest absolute Gasteiger partial charge is 0.473 e. The van der Waals surface area contributed by atoms with Gasteiger partial charge in [0.05, 0.1) is 17.4 Å². The summed E-state index contributed by atoms with van der Waals surface area (Å²) in [6, 6.07) is 8.80. The molecule has 0 aliphatic carbocycles. The molecule has 0 atom stereocenters. The average molecular weight is 272 g/mol. The molecule has 0 saturated heterocycles. The van der Waals surface area contributed by atoms with Crippen molar-refractivity contribution in [2.75, 3.05) is 5.32 Å². The Labute approximate surface area is 116 Å². The summed E-state index contributed by atoms with van der Waals surface area (Å²) in [6.45, 7) is 3.55. The summed E-state index contributed by atoms with van der Waals surface area (Å²) in [4.78, 5) is 7.58. The topological polar surface area (TPSA) is 70.8 Å². The van der Waals surface area contributed by atoms with E-state index < -0.39 is 5.82 Å².